The van der Waals surface area contributed by atoms with E-state index in [-0.39, 0.29) is 23.2 Å². The second-order valence-electron chi connectivity index (χ2n) is 5.30. The van der Waals surface area contributed by atoms with E-state index >= 15 is 0 Å². The van der Waals surface area contributed by atoms with Gasteiger partial charge in [-0.2, -0.15) is 13.9 Å². The number of carbonyl (C=O) groups excluding carboxylic acids is 1. The summed E-state index contributed by atoms with van der Waals surface area (Å²) >= 11 is 1.20. The lowest BCUT2D eigenvalue weighted by Crippen LogP contribution is -2.19. The number of hydrazone groups is 1. The van der Waals surface area contributed by atoms with Gasteiger partial charge in [0.15, 0.2) is 16.7 Å². The second-order valence-corrected chi connectivity index (χ2v) is 6.25. The average Bonchev–Trinajstić information content (AvgIpc) is 2.60. The predicted octanol–water partition coefficient (Wildman–Crippen LogP) is 2.95. The Bertz CT molecular complexity index is 814. The minimum atomic E-state index is -2.95. The third kappa shape index (κ3) is 6.81. The van der Waals surface area contributed by atoms with E-state index in [1.165, 1.54) is 43.3 Å². The lowest BCUT2D eigenvalue weighted by molar-refractivity contribution is -0.118. The van der Waals surface area contributed by atoms with Crippen LogP contribution in [0.5, 0.6) is 11.5 Å². The Balaban J connectivity index is 1.89. The number of aryl methyl sites for hydroxylation is 2. The number of benzene rings is 1. The Hall–Kier alpha value is -2.75. The topological polar surface area (TPSA) is 85.7 Å². The van der Waals surface area contributed by atoms with E-state index in [2.05, 4.69) is 25.2 Å². The largest absolute Gasteiger partial charge is 0.493 e. The van der Waals surface area contributed by atoms with Crippen LogP contribution in [-0.4, -0.2) is 41.6 Å². The molecule has 1 heterocycles. The molecule has 0 radical (unpaired) electrons. The Morgan fingerprint density at radius 2 is 1.96 bits per heavy atom. The average molecular weight is 396 g/mol. The van der Waals surface area contributed by atoms with Crippen molar-refractivity contribution in [3.05, 3.63) is 41.2 Å². The molecule has 0 saturated carbocycles. The molecule has 144 valence electrons. The summed E-state index contributed by atoms with van der Waals surface area (Å²) in [5.74, 6) is -0.180. The standard InChI is InChI=1S/C17H18F2N4O3S/c1-10-6-11(2)22-17(21-10)27-9-15(24)23-20-8-12-4-5-13(26-16(18)19)14(7-12)25-3/h4-8,16H,9H2,1-3H3,(H,23,24)/b20-8+. The summed E-state index contributed by atoms with van der Waals surface area (Å²) in [6.45, 7) is 0.765. The molecule has 0 saturated heterocycles. The van der Waals surface area contributed by atoms with Crippen molar-refractivity contribution in [3.8, 4) is 11.5 Å². The number of alkyl halides is 2. The first-order valence-corrected chi connectivity index (χ1v) is 8.76. The second kappa shape index (κ2) is 9.81. The van der Waals surface area contributed by atoms with Crippen LogP contribution < -0.4 is 14.9 Å². The smallest absolute Gasteiger partial charge is 0.387 e. The molecule has 0 spiro atoms. The third-order valence-electron chi connectivity index (χ3n) is 3.10. The van der Waals surface area contributed by atoms with Crippen LogP contribution in [0.1, 0.15) is 17.0 Å². The van der Waals surface area contributed by atoms with Gasteiger partial charge in [-0.3, -0.25) is 4.79 Å². The fraction of sp³-hybridized carbons (Fsp3) is 0.294. The third-order valence-corrected chi connectivity index (χ3v) is 3.95. The van der Waals surface area contributed by atoms with Crippen molar-refractivity contribution < 1.29 is 23.0 Å². The number of thioether (sulfide) groups is 1. The quantitative estimate of drug-likeness (QED) is 0.320. The molecule has 1 N–H and O–H groups in total. The van der Waals surface area contributed by atoms with Gasteiger partial charge in [0.2, 0.25) is 0 Å². The first-order chi connectivity index (χ1) is 12.9. The highest BCUT2D eigenvalue weighted by Gasteiger charge is 2.10. The molecule has 0 aliphatic rings. The number of carbonyl (C=O) groups is 1. The SMILES string of the molecule is COc1cc(/C=N/NC(=O)CSc2nc(C)cc(C)n2)ccc1OC(F)F. The summed E-state index contributed by atoms with van der Waals surface area (Å²) in [7, 11) is 1.34. The summed E-state index contributed by atoms with van der Waals surface area (Å²) in [6, 6.07) is 6.15. The molecule has 2 aromatic rings. The molecule has 1 aromatic heterocycles. The van der Waals surface area contributed by atoms with Crippen molar-refractivity contribution in [2.24, 2.45) is 5.10 Å². The molecule has 7 nitrogen and oxygen atoms in total. The first-order valence-electron chi connectivity index (χ1n) is 7.77. The molecule has 0 fully saturated rings. The van der Waals surface area contributed by atoms with E-state index in [1.54, 1.807) is 0 Å². The van der Waals surface area contributed by atoms with Crippen molar-refractivity contribution in [1.82, 2.24) is 15.4 Å². The van der Waals surface area contributed by atoms with Crippen molar-refractivity contribution >= 4 is 23.9 Å². The van der Waals surface area contributed by atoms with Crippen molar-refractivity contribution in [3.63, 3.8) is 0 Å². The van der Waals surface area contributed by atoms with E-state index in [9.17, 15) is 13.6 Å². The molecule has 27 heavy (non-hydrogen) atoms. The molecular weight excluding hydrogens is 378 g/mol. The maximum atomic E-state index is 12.3. The maximum Gasteiger partial charge on any atom is 0.387 e. The molecule has 10 heteroatoms. The zero-order valence-electron chi connectivity index (χ0n) is 14.9. The van der Waals surface area contributed by atoms with Crippen LogP contribution in [-0.2, 0) is 4.79 Å². The fourth-order valence-electron chi connectivity index (χ4n) is 2.06. The molecule has 0 aliphatic carbocycles. The van der Waals surface area contributed by atoms with Crippen LogP contribution in [0, 0.1) is 13.8 Å². The van der Waals surface area contributed by atoms with Gasteiger partial charge >= 0.3 is 6.61 Å². The number of hydrogen-bond acceptors (Lipinski definition) is 7. The number of nitrogens with zero attached hydrogens (tertiary/aromatic N) is 3. The van der Waals surface area contributed by atoms with Gasteiger partial charge in [0.25, 0.3) is 5.91 Å². The minimum absolute atomic E-state index is 0.0847. The molecule has 0 bridgehead atoms. The summed E-state index contributed by atoms with van der Waals surface area (Å²) in [5.41, 5.74) is 4.58. The summed E-state index contributed by atoms with van der Waals surface area (Å²) in [5, 5.41) is 4.35. The number of aromatic nitrogens is 2. The maximum absolute atomic E-state index is 12.3. The van der Waals surface area contributed by atoms with Crippen LogP contribution in [0.2, 0.25) is 0 Å². The Labute approximate surface area is 159 Å². The van der Waals surface area contributed by atoms with Gasteiger partial charge in [-0.1, -0.05) is 11.8 Å². The van der Waals surface area contributed by atoms with Gasteiger partial charge in [-0.15, -0.1) is 0 Å². The minimum Gasteiger partial charge on any atom is -0.493 e. The number of methoxy groups -OCH3 is 1. The van der Waals surface area contributed by atoms with E-state index in [4.69, 9.17) is 4.74 Å². The fourth-order valence-corrected chi connectivity index (χ4v) is 2.80. The number of hydrogen-bond donors (Lipinski definition) is 1. The van der Waals surface area contributed by atoms with E-state index in [0.717, 1.165) is 11.4 Å². The summed E-state index contributed by atoms with van der Waals surface area (Å²) < 4.78 is 33.9. The number of amides is 1. The van der Waals surface area contributed by atoms with Gasteiger partial charge in [0.1, 0.15) is 0 Å². The molecule has 0 unspecified atom stereocenters. The zero-order valence-corrected chi connectivity index (χ0v) is 15.7. The van der Waals surface area contributed by atoms with E-state index in [1.807, 2.05) is 19.9 Å². The van der Waals surface area contributed by atoms with E-state index in [0.29, 0.717) is 10.7 Å². The highest BCUT2D eigenvalue weighted by atomic mass is 32.2. The van der Waals surface area contributed by atoms with Crippen molar-refractivity contribution in [2.75, 3.05) is 12.9 Å². The lowest BCUT2D eigenvalue weighted by Gasteiger charge is -2.09. The molecule has 1 aromatic carbocycles. The molecule has 0 atom stereocenters. The van der Waals surface area contributed by atoms with Crippen LogP contribution in [0.15, 0.2) is 34.5 Å². The number of halogens is 2. The lowest BCUT2D eigenvalue weighted by atomic mass is 10.2. The number of rotatable bonds is 8. The Morgan fingerprint density at radius 3 is 2.59 bits per heavy atom. The van der Waals surface area contributed by atoms with Crippen LogP contribution in [0.25, 0.3) is 0 Å². The normalized spacial score (nSPS) is 11.0. The first kappa shape index (κ1) is 20.6. The molecular formula is C17H18F2N4O3S. The summed E-state index contributed by atoms with van der Waals surface area (Å²) in [4.78, 5) is 20.3. The zero-order chi connectivity index (χ0) is 19.8. The van der Waals surface area contributed by atoms with Gasteiger partial charge < -0.3 is 9.47 Å². The highest BCUT2D eigenvalue weighted by molar-refractivity contribution is 7.99. The van der Waals surface area contributed by atoms with Gasteiger partial charge in [-0.25, -0.2) is 15.4 Å². The molecule has 1 amide bonds. The highest BCUT2D eigenvalue weighted by Crippen LogP contribution is 2.28. The predicted molar refractivity (Wildman–Crippen MR) is 97.6 cm³/mol. The molecule has 2 rings (SSSR count). The van der Waals surface area contributed by atoms with Gasteiger partial charge in [0, 0.05) is 11.4 Å². The Morgan fingerprint density at radius 1 is 1.26 bits per heavy atom. The summed E-state index contributed by atoms with van der Waals surface area (Å²) in [6.07, 6.45) is 1.37. The number of ether oxygens (including phenoxy) is 2. The van der Waals surface area contributed by atoms with Crippen LogP contribution in [0.3, 0.4) is 0 Å². The van der Waals surface area contributed by atoms with Crippen LogP contribution >= 0.6 is 11.8 Å². The molecule has 0 aliphatic heterocycles. The van der Waals surface area contributed by atoms with Gasteiger partial charge in [-0.05, 0) is 43.7 Å². The van der Waals surface area contributed by atoms with Gasteiger partial charge in [0.05, 0.1) is 19.1 Å². The van der Waals surface area contributed by atoms with Crippen LogP contribution in [0.4, 0.5) is 8.78 Å². The van der Waals surface area contributed by atoms with Crippen molar-refractivity contribution in [1.29, 1.82) is 0 Å². The van der Waals surface area contributed by atoms with E-state index < -0.39 is 6.61 Å². The van der Waals surface area contributed by atoms with Crippen molar-refractivity contribution in [2.45, 2.75) is 25.6 Å². The number of nitrogens with one attached hydrogen (secondary N) is 1. The monoisotopic (exact) mass is 396 g/mol. The Kier molecular flexibility index (Phi) is 7.47.